The number of hydrogen-bond donors (Lipinski definition) is 0. The van der Waals surface area contributed by atoms with Crippen molar-refractivity contribution >= 4 is 34.1 Å². The van der Waals surface area contributed by atoms with Gasteiger partial charge in [-0.15, -0.1) is 11.3 Å². The summed E-state index contributed by atoms with van der Waals surface area (Å²) < 4.78 is 0. The highest BCUT2D eigenvalue weighted by molar-refractivity contribution is 7.17. The predicted molar refractivity (Wildman–Crippen MR) is 72.9 cm³/mol. The predicted octanol–water partition coefficient (Wildman–Crippen LogP) is 2.66. The largest absolute Gasteiger partial charge is 0.367 e. The standard InChI is InChI=1S/C13H14N2O2S/c1-9-11(13(16)17-14-9)8-10-4-5-12(18-10)15-6-2-3-7-15/h4-5,8H,2-3,6-7H2,1H3. The van der Waals surface area contributed by atoms with E-state index in [2.05, 4.69) is 21.0 Å². The lowest BCUT2D eigenvalue weighted by Crippen LogP contribution is -2.15. The minimum atomic E-state index is -0.358. The molecule has 0 bridgehead atoms. The summed E-state index contributed by atoms with van der Waals surface area (Å²) in [6, 6.07) is 4.17. The van der Waals surface area contributed by atoms with E-state index in [4.69, 9.17) is 0 Å². The zero-order chi connectivity index (χ0) is 12.5. The third-order valence-corrected chi connectivity index (χ3v) is 4.29. The quantitative estimate of drug-likeness (QED) is 0.608. The van der Waals surface area contributed by atoms with E-state index in [1.54, 1.807) is 18.3 Å². The Bertz CT molecular complexity index is 539. The SMILES string of the molecule is CC1=NOC(=O)C1=Cc1ccc(N2CCCC2)s1. The van der Waals surface area contributed by atoms with Gasteiger partial charge in [0.15, 0.2) is 0 Å². The molecule has 0 saturated carbocycles. The van der Waals surface area contributed by atoms with Crippen molar-refractivity contribution in [1.29, 1.82) is 0 Å². The van der Waals surface area contributed by atoms with Gasteiger partial charge in [-0.2, -0.15) is 0 Å². The summed E-state index contributed by atoms with van der Waals surface area (Å²) in [4.78, 5) is 19.5. The van der Waals surface area contributed by atoms with Crippen LogP contribution in [0.4, 0.5) is 5.00 Å². The number of carbonyl (C=O) groups is 1. The molecule has 1 saturated heterocycles. The van der Waals surface area contributed by atoms with Crippen LogP contribution in [0.3, 0.4) is 0 Å². The van der Waals surface area contributed by atoms with Gasteiger partial charge in [-0.3, -0.25) is 0 Å². The van der Waals surface area contributed by atoms with Gasteiger partial charge in [-0.05, 0) is 38.0 Å². The summed E-state index contributed by atoms with van der Waals surface area (Å²) >= 11 is 1.71. The van der Waals surface area contributed by atoms with Gasteiger partial charge >= 0.3 is 5.97 Å². The van der Waals surface area contributed by atoms with Gasteiger partial charge < -0.3 is 9.74 Å². The number of rotatable bonds is 2. The molecule has 5 heteroatoms. The maximum atomic E-state index is 11.4. The van der Waals surface area contributed by atoms with Gasteiger partial charge in [0.1, 0.15) is 0 Å². The molecule has 0 atom stereocenters. The average molecular weight is 262 g/mol. The first-order valence-electron chi connectivity index (χ1n) is 6.07. The van der Waals surface area contributed by atoms with Crippen molar-refractivity contribution in [3.8, 4) is 0 Å². The van der Waals surface area contributed by atoms with Crippen molar-refractivity contribution in [2.24, 2.45) is 5.16 Å². The maximum absolute atomic E-state index is 11.4. The van der Waals surface area contributed by atoms with E-state index in [0.29, 0.717) is 11.3 Å². The number of thiophene rings is 1. The third kappa shape index (κ3) is 2.06. The summed E-state index contributed by atoms with van der Waals surface area (Å²) in [5.41, 5.74) is 1.21. The fourth-order valence-corrected chi connectivity index (χ4v) is 3.19. The molecule has 1 fully saturated rings. The fraction of sp³-hybridized carbons (Fsp3) is 0.385. The van der Waals surface area contributed by atoms with Crippen LogP contribution in [0.25, 0.3) is 6.08 Å². The molecule has 0 spiro atoms. The Morgan fingerprint density at radius 2 is 2.17 bits per heavy atom. The van der Waals surface area contributed by atoms with Crippen molar-refractivity contribution < 1.29 is 9.63 Å². The number of nitrogens with zero attached hydrogens (tertiary/aromatic N) is 2. The van der Waals surface area contributed by atoms with Gasteiger partial charge in [-0.25, -0.2) is 4.79 Å². The van der Waals surface area contributed by atoms with E-state index < -0.39 is 0 Å². The monoisotopic (exact) mass is 262 g/mol. The summed E-state index contributed by atoms with van der Waals surface area (Å²) in [6.45, 7) is 4.06. The van der Waals surface area contributed by atoms with Crippen molar-refractivity contribution in [3.63, 3.8) is 0 Å². The Kier molecular flexibility index (Phi) is 2.91. The maximum Gasteiger partial charge on any atom is 0.367 e. The number of anilines is 1. The van der Waals surface area contributed by atoms with E-state index in [9.17, 15) is 4.79 Å². The first-order chi connectivity index (χ1) is 8.74. The lowest BCUT2D eigenvalue weighted by molar-refractivity contribution is -0.136. The first kappa shape index (κ1) is 11.5. The molecule has 1 aromatic rings. The smallest absolute Gasteiger partial charge is 0.363 e. The van der Waals surface area contributed by atoms with E-state index in [1.807, 2.05) is 12.1 Å². The van der Waals surface area contributed by atoms with Crippen LogP contribution in [-0.2, 0) is 9.63 Å². The minimum Gasteiger partial charge on any atom is -0.363 e. The molecule has 0 aliphatic carbocycles. The first-order valence-corrected chi connectivity index (χ1v) is 6.88. The summed E-state index contributed by atoms with van der Waals surface area (Å²) in [7, 11) is 0. The molecule has 0 radical (unpaired) electrons. The number of oxime groups is 1. The van der Waals surface area contributed by atoms with Crippen LogP contribution in [0.2, 0.25) is 0 Å². The van der Waals surface area contributed by atoms with Crippen LogP contribution in [0.15, 0.2) is 22.9 Å². The summed E-state index contributed by atoms with van der Waals surface area (Å²) in [6.07, 6.45) is 4.40. The van der Waals surface area contributed by atoms with Gasteiger partial charge in [-0.1, -0.05) is 5.16 Å². The topological polar surface area (TPSA) is 41.9 Å². The number of hydrogen-bond acceptors (Lipinski definition) is 5. The second-order valence-electron chi connectivity index (χ2n) is 4.48. The zero-order valence-electron chi connectivity index (χ0n) is 10.2. The van der Waals surface area contributed by atoms with E-state index in [1.165, 1.54) is 17.8 Å². The average Bonchev–Trinajstić information content (AvgIpc) is 3.06. The van der Waals surface area contributed by atoms with Crippen molar-refractivity contribution in [2.45, 2.75) is 19.8 Å². The fourth-order valence-electron chi connectivity index (χ4n) is 2.19. The van der Waals surface area contributed by atoms with Crippen molar-refractivity contribution in [2.75, 3.05) is 18.0 Å². The summed E-state index contributed by atoms with van der Waals surface area (Å²) in [5.74, 6) is -0.358. The number of carbonyl (C=O) groups excluding carboxylic acids is 1. The van der Waals surface area contributed by atoms with Gasteiger partial charge in [0.2, 0.25) is 0 Å². The van der Waals surface area contributed by atoms with Crippen molar-refractivity contribution in [1.82, 2.24) is 0 Å². The molecule has 3 rings (SSSR count). The van der Waals surface area contributed by atoms with E-state index in [0.717, 1.165) is 18.0 Å². The Labute approximate surface area is 110 Å². The van der Waals surface area contributed by atoms with Gasteiger partial charge in [0, 0.05) is 18.0 Å². The molecule has 3 heterocycles. The minimum absolute atomic E-state index is 0.358. The molecule has 94 valence electrons. The Morgan fingerprint density at radius 1 is 1.39 bits per heavy atom. The van der Waals surface area contributed by atoms with Crippen LogP contribution >= 0.6 is 11.3 Å². The highest BCUT2D eigenvalue weighted by Crippen LogP contribution is 2.30. The molecule has 0 N–H and O–H groups in total. The molecular formula is C13H14N2O2S. The molecule has 4 nitrogen and oxygen atoms in total. The van der Waals surface area contributed by atoms with Crippen LogP contribution in [0.5, 0.6) is 0 Å². The van der Waals surface area contributed by atoms with Crippen LogP contribution in [0, 0.1) is 0 Å². The molecule has 0 amide bonds. The molecule has 0 aromatic carbocycles. The molecule has 2 aliphatic rings. The van der Waals surface area contributed by atoms with E-state index >= 15 is 0 Å². The normalized spacial score (nSPS) is 21.6. The molecule has 1 aromatic heterocycles. The lowest BCUT2D eigenvalue weighted by atomic mass is 10.1. The highest BCUT2D eigenvalue weighted by atomic mass is 32.1. The molecule has 0 unspecified atom stereocenters. The van der Waals surface area contributed by atoms with Gasteiger partial charge in [0.05, 0.1) is 16.3 Å². The summed E-state index contributed by atoms with van der Waals surface area (Å²) in [5, 5.41) is 4.95. The lowest BCUT2D eigenvalue weighted by Gasteiger charge is -2.13. The molecular weight excluding hydrogens is 248 g/mol. The van der Waals surface area contributed by atoms with Gasteiger partial charge in [0.25, 0.3) is 0 Å². The van der Waals surface area contributed by atoms with E-state index in [-0.39, 0.29) is 5.97 Å². The third-order valence-electron chi connectivity index (χ3n) is 3.19. The zero-order valence-corrected chi connectivity index (χ0v) is 11.0. The van der Waals surface area contributed by atoms with Crippen LogP contribution < -0.4 is 4.90 Å². The second-order valence-corrected chi connectivity index (χ2v) is 5.58. The highest BCUT2D eigenvalue weighted by Gasteiger charge is 2.22. The molecule has 18 heavy (non-hydrogen) atoms. The van der Waals surface area contributed by atoms with Crippen molar-refractivity contribution in [3.05, 3.63) is 22.6 Å². The van der Waals surface area contributed by atoms with Crippen LogP contribution in [0.1, 0.15) is 24.6 Å². The second kappa shape index (κ2) is 4.57. The Balaban J connectivity index is 1.83. The van der Waals surface area contributed by atoms with Crippen LogP contribution in [-0.4, -0.2) is 24.8 Å². The molecule has 2 aliphatic heterocycles. The Morgan fingerprint density at radius 3 is 2.83 bits per heavy atom. The Hall–Kier alpha value is -1.62.